The Morgan fingerprint density at radius 1 is 1.24 bits per heavy atom. The van der Waals surface area contributed by atoms with E-state index in [2.05, 4.69) is 5.32 Å². The molecule has 1 aromatic carbocycles. The number of nitrogens with one attached hydrogen (secondary N) is 1. The predicted octanol–water partition coefficient (Wildman–Crippen LogP) is 2.71. The fourth-order valence-electron chi connectivity index (χ4n) is 4.09. The molecular weight excluding hydrogens is 330 g/mol. The van der Waals surface area contributed by atoms with E-state index in [0.717, 1.165) is 37.8 Å². The molecule has 0 aromatic heterocycles. The largest absolute Gasteiger partial charge is 0.468 e. The van der Waals surface area contributed by atoms with Crippen LogP contribution >= 0.6 is 0 Å². The molecule has 2 fully saturated rings. The van der Waals surface area contributed by atoms with Crippen molar-refractivity contribution in [2.24, 2.45) is 5.92 Å². The number of amides is 1. The number of fused-ring (bicyclic) bond motifs is 1. The van der Waals surface area contributed by atoms with E-state index < -0.39 is 17.7 Å². The van der Waals surface area contributed by atoms with Gasteiger partial charge in [0.15, 0.2) is 11.6 Å². The molecule has 1 amide bonds. The van der Waals surface area contributed by atoms with Crippen LogP contribution in [0.4, 0.5) is 14.5 Å². The van der Waals surface area contributed by atoms with Crippen molar-refractivity contribution in [3.05, 3.63) is 29.8 Å². The van der Waals surface area contributed by atoms with Gasteiger partial charge in [-0.3, -0.25) is 14.5 Å². The molecule has 1 N–H and O–H groups in total. The molecule has 0 unspecified atom stereocenters. The first-order chi connectivity index (χ1) is 12.0. The van der Waals surface area contributed by atoms with E-state index in [1.165, 1.54) is 13.2 Å². The third-order valence-corrected chi connectivity index (χ3v) is 5.22. The molecule has 0 bridgehead atoms. The molecule has 1 saturated carbocycles. The highest BCUT2D eigenvalue weighted by Gasteiger charge is 2.46. The Balaban J connectivity index is 1.70. The van der Waals surface area contributed by atoms with E-state index in [9.17, 15) is 18.4 Å². The number of likely N-dealkylation sites (tertiary alicyclic amines) is 1. The average Bonchev–Trinajstić information content (AvgIpc) is 2.96. The smallest absolute Gasteiger partial charge is 0.323 e. The molecule has 3 atom stereocenters. The van der Waals surface area contributed by atoms with Crippen molar-refractivity contribution in [2.45, 2.75) is 44.2 Å². The lowest BCUT2D eigenvalue weighted by atomic mass is 9.85. The van der Waals surface area contributed by atoms with E-state index in [0.29, 0.717) is 12.3 Å². The first-order valence-corrected chi connectivity index (χ1v) is 8.58. The van der Waals surface area contributed by atoms with E-state index in [-0.39, 0.29) is 30.2 Å². The molecule has 1 heterocycles. The fourth-order valence-corrected chi connectivity index (χ4v) is 4.09. The molecule has 3 rings (SSSR count). The van der Waals surface area contributed by atoms with Crippen LogP contribution in [0.15, 0.2) is 18.2 Å². The Hall–Kier alpha value is -2.02. The van der Waals surface area contributed by atoms with Crippen LogP contribution in [0.5, 0.6) is 0 Å². The molecule has 1 aromatic rings. The van der Waals surface area contributed by atoms with Crippen molar-refractivity contribution in [3.63, 3.8) is 0 Å². The minimum Gasteiger partial charge on any atom is -0.468 e. The predicted molar refractivity (Wildman–Crippen MR) is 87.9 cm³/mol. The van der Waals surface area contributed by atoms with Gasteiger partial charge in [0.25, 0.3) is 0 Å². The Bertz CT molecular complexity index is 668. The molecule has 1 aliphatic carbocycles. The standard InChI is InChI=1S/C18H22F2N2O3/c1-25-18(24)16-8-11-4-2-3-5-15(11)22(16)10-17(23)21-12-6-7-13(19)14(20)9-12/h6-7,9,11,15-16H,2-5,8,10H2,1H3,(H,21,23)/t11-,15+,16+/m1/s1. The zero-order chi connectivity index (χ0) is 18.0. The fraction of sp³-hybridized carbons (Fsp3) is 0.556. The number of carbonyl (C=O) groups is 2. The lowest BCUT2D eigenvalue weighted by Crippen LogP contribution is -2.46. The number of esters is 1. The summed E-state index contributed by atoms with van der Waals surface area (Å²) in [7, 11) is 1.35. The number of hydrogen-bond acceptors (Lipinski definition) is 4. The van der Waals surface area contributed by atoms with Crippen molar-refractivity contribution in [1.82, 2.24) is 4.90 Å². The maximum atomic E-state index is 13.3. The van der Waals surface area contributed by atoms with Crippen LogP contribution in [-0.4, -0.2) is 42.5 Å². The number of carbonyl (C=O) groups excluding carboxylic acids is 2. The van der Waals surface area contributed by atoms with Gasteiger partial charge in [0.2, 0.25) is 5.91 Å². The van der Waals surface area contributed by atoms with Gasteiger partial charge in [-0.15, -0.1) is 0 Å². The number of ether oxygens (including phenoxy) is 1. The summed E-state index contributed by atoms with van der Waals surface area (Å²) < 4.78 is 31.1. The normalized spacial score (nSPS) is 26.1. The monoisotopic (exact) mass is 352 g/mol. The van der Waals surface area contributed by atoms with E-state index >= 15 is 0 Å². The van der Waals surface area contributed by atoms with Crippen LogP contribution in [-0.2, 0) is 14.3 Å². The first kappa shape index (κ1) is 17.8. The number of rotatable bonds is 4. The minimum atomic E-state index is -1.02. The second-order valence-corrected chi connectivity index (χ2v) is 6.74. The second-order valence-electron chi connectivity index (χ2n) is 6.74. The SMILES string of the molecule is COC(=O)[C@@H]1C[C@H]2CCCC[C@@H]2N1CC(=O)Nc1ccc(F)c(F)c1. The number of methoxy groups -OCH3 is 1. The molecule has 0 spiro atoms. The van der Waals surface area contributed by atoms with Crippen molar-refractivity contribution in [2.75, 3.05) is 19.0 Å². The van der Waals surface area contributed by atoms with Gasteiger partial charge in [0.05, 0.1) is 13.7 Å². The number of nitrogens with zero attached hydrogens (tertiary/aromatic N) is 1. The van der Waals surface area contributed by atoms with Crippen LogP contribution in [0.25, 0.3) is 0 Å². The van der Waals surface area contributed by atoms with Gasteiger partial charge in [0.1, 0.15) is 6.04 Å². The lowest BCUT2D eigenvalue weighted by molar-refractivity contribution is -0.146. The summed E-state index contributed by atoms with van der Waals surface area (Å²) in [6, 6.07) is 2.98. The highest BCUT2D eigenvalue weighted by atomic mass is 19.2. The molecule has 1 saturated heterocycles. The number of anilines is 1. The highest BCUT2D eigenvalue weighted by molar-refractivity contribution is 5.92. The van der Waals surface area contributed by atoms with Crippen LogP contribution < -0.4 is 5.32 Å². The van der Waals surface area contributed by atoms with Gasteiger partial charge < -0.3 is 10.1 Å². The summed E-state index contributed by atoms with van der Waals surface area (Å²) in [6.07, 6.45) is 4.94. The molecule has 1 aliphatic heterocycles. The van der Waals surface area contributed by atoms with Gasteiger partial charge in [-0.1, -0.05) is 12.8 Å². The Kier molecular flexibility index (Phi) is 5.32. The number of hydrogen-bond donors (Lipinski definition) is 1. The van der Waals surface area contributed by atoms with Crippen LogP contribution in [0, 0.1) is 17.6 Å². The first-order valence-electron chi connectivity index (χ1n) is 8.58. The summed E-state index contributed by atoms with van der Waals surface area (Å²) in [4.78, 5) is 26.4. The van der Waals surface area contributed by atoms with E-state index in [4.69, 9.17) is 4.74 Å². The molecule has 5 nitrogen and oxygen atoms in total. The van der Waals surface area contributed by atoms with E-state index in [1.54, 1.807) is 0 Å². The summed E-state index contributed by atoms with van der Waals surface area (Å²) in [6.45, 7) is 0.0277. The molecule has 25 heavy (non-hydrogen) atoms. The van der Waals surface area contributed by atoms with E-state index in [1.807, 2.05) is 4.90 Å². The Labute approximate surface area is 145 Å². The minimum absolute atomic E-state index is 0.0277. The molecule has 136 valence electrons. The lowest BCUT2D eigenvalue weighted by Gasteiger charge is -2.32. The highest BCUT2D eigenvalue weighted by Crippen LogP contribution is 2.39. The third kappa shape index (κ3) is 3.81. The summed E-state index contributed by atoms with van der Waals surface area (Å²) >= 11 is 0. The van der Waals surface area contributed by atoms with Gasteiger partial charge in [-0.2, -0.15) is 0 Å². The maximum absolute atomic E-state index is 13.3. The Morgan fingerprint density at radius 2 is 2.00 bits per heavy atom. The zero-order valence-electron chi connectivity index (χ0n) is 14.1. The molecule has 0 radical (unpaired) electrons. The summed E-state index contributed by atoms with van der Waals surface area (Å²) in [5.74, 6) is -2.26. The zero-order valence-corrected chi connectivity index (χ0v) is 14.1. The summed E-state index contributed by atoms with van der Waals surface area (Å²) in [5, 5.41) is 2.57. The van der Waals surface area contributed by atoms with Gasteiger partial charge in [0, 0.05) is 17.8 Å². The number of halogens is 2. The van der Waals surface area contributed by atoms with Crippen LogP contribution in [0.3, 0.4) is 0 Å². The average molecular weight is 352 g/mol. The van der Waals surface area contributed by atoms with Gasteiger partial charge in [-0.05, 0) is 37.3 Å². The van der Waals surface area contributed by atoms with Crippen molar-refractivity contribution >= 4 is 17.6 Å². The van der Waals surface area contributed by atoms with Crippen molar-refractivity contribution in [3.8, 4) is 0 Å². The summed E-state index contributed by atoms with van der Waals surface area (Å²) in [5.41, 5.74) is 0.193. The number of benzene rings is 1. The van der Waals surface area contributed by atoms with Gasteiger partial charge in [-0.25, -0.2) is 8.78 Å². The quantitative estimate of drug-likeness (QED) is 0.847. The maximum Gasteiger partial charge on any atom is 0.323 e. The molecule has 2 aliphatic rings. The Morgan fingerprint density at radius 3 is 2.72 bits per heavy atom. The van der Waals surface area contributed by atoms with Crippen molar-refractivity contribution < 1.29 is 23.1 Å². The third-order valence-electron chi connectivity index (χ3n) is 5.22. The second kappa shape index (κ2) is 7.47. The van der Waals surface area contributed by atoms with Crippen molar-refractivity contribution in [1.29, 1.82) is 0 Å². The van der Waals surface area contributed by atoms with Crippen LogP contribution in [0.2, 0.25) is 0 Å². The van der Waals surface area contributed by atoms with Gasteiger partial charge >= 0.3 is 5.97 Å². The topological polar surface area (TPSA) is 58.6 Å². The molecular formula is C18H22F2N2O3. The van der Waals surface area contributed by atoms with Crippen LogP contribution in [0.1, 0.15) is 32.1 Å². The molecule has 7 heteroatoms.